The summed E-state index contributed by atoms with van der Waals surface area (Å²) in [5, 5.41) is 4.04. The van der Waals surface area contributed by atoms with Crippen molar-refractivity contribution >= 4 is 5.97 Å². The number of carbonyl (C=O) groups is 1. The molecule has 0 N–H and O–H groups in total. The van der Waals surface area contributed by atoms with Gasteiger partial charge in [-0.3, -0.25) is 4.68 Å². The lowest BCUT2D eigenvalue weighted by Crippen LogP contribution is -2.00. The number of carbonyl (C=O) groups excluding carboxylic acids is 1. The van der Waals surface area contributed by atoms with E-state index in [9.17, 15) is 4.79 Å². The Hall–Kier alpha value is -1.32. The van der Waals surface area contributed by atoms with Gasteiger partial charge >= 0.3 is 5.97 Å². The summed E-state index contributed by atoms with van der Waals surface area (Å²) in [6, 6.07) is 0. The standard InChI is InChI=1S/C9H14N2O2/c1-3-4-5-11-7-8(6-10-11)9(12)13-2/h6-7H,3-5H2,1-2H3. The van der Waals surface area contributed by atoms with Crippen LogP contribution in [-0.4, -0.2) is 22.9 Å². The van der Waals surface area contributed by atoms with E-state index in [2.05, 4.69) is 16.8 Å². The van der Waals surface area contributed by atoms with Gasteiger partial charge in [-0.15, -0.1) is 0 Å². The minimum Gasteiger partial charge on any atom is -0.465 e. The van der Waals surface area contributed by atoms with Crippen molar-refractivity contribution < 1.29 is 9.53 Å². The number of aromatic nitrogens is 2. The highest BCUT2D eigenvalue weighted by Gasteiger charge is 2.07. The van der Waals surface area contributed by atoms with E-state index in [1.54, 1.807) is 10.9 Å². The Kier molecular flexibility index (Phi) is 3.49. The molecule has 0 amide bonds. The normalized spacial score (nSPS) is 10.0. The van der Waals surface area contributed by atoms with Crippen LogP contribution in [0.15, 0.2) is 12.4 Å². The summed E-state index contributed by atoms with van der Waals surface area (Å²) in [6.45, 7) is 2.97. The maximum atomic E-state index is 11.0. The minimum atomic E-state index is -0.331. The molecule has 1 heterocycles. The topological polar surface area (TPSA) is 44.1 Å². The van der Waals surface area contributed by atoms with E-state index in [0.29, 0.717) is 5.56 Å². The third kappa shape index (κ3) is 2.57. The molecule has 0 unspecified atom stereocenters. The van der Waals surface area contributed by atoms with Gasteiger partial charge in [-0.2, -0.15) is 5.10 Å². The number of ether oxygens (including phenoxy) is 1. The summed E-state index contributed by atoms with van der Waals surface area (Å²) in [4.78, 5) is 11.0. The molecule has 13 heavy (non-hydrogen) atoms. The Morgan fingerprint density at radius 3 is 3.08 bits per heavy atom. The molecule has 0 radical (unpaired) electrons. The first-order valence-electron chi connectivity index (χ1n) is 4.38. The quantitative estimate of drug-likeness (QED) is 0.662. The fourth-order valence-corrected chi connectivity index (χ4v) is 1.03. The van der Waals surface area contributed by atoms with E-state index in [0.717, 1.165) is 19.4 Å². The Bertz CT molecular complexity index is 281. The molecule has 0 aliphatic heterocycles. The van der Waals surface area contributed by atoms with Gasteiger partial charge in [0, 0.05) is 12.7 Å². The molecule has 72 valence electrons. The summed E-state index contributed by atoms with van der Waals surface area (Å²) in [6.07, 6.45) is 5.43. The van der Waals surface area contributed by atoms with Gasteiger partial charge in [0.05, 0.1) is 18.9 Å². The Labute approximate surface area is 77.5 Å². The number of hydrogen-bond acceptors (Lipinski definition) is 3. The van der Waals surface area contributed by atoms with Crippen LogP contribution in [0.4, 0.5) is 0 Å². The molecule has 0 aliphatic rings. The summed E-state index contributed by atoms with van der Waals surface area (Å²) in [5.41, 5.74) is 0.513. The van der Waals surface area contributed by atoms with E-state index in [1.807, 2.05) is 0 Å². The van der Waals surface area contributed by atoms with Crippen LogP contribution in [0, 0.1) is 0 Å². The predicted molar refractivity (Wildman–Crippen MR) is 48.5 cm³/mol. The number of nitrogens with zero attached hydrogens (tertiary/aromatic N) is 2. The highest BCUT2D eigenvalue weighted by atomic mass is 16.5. The summed E-state index contributed by atoms with van der Waals surface area (Å²) in [7, 11) is 1.37. The van der Waals surface area contributed by atoms with E-state index >= 15 is 0 Å². The van der Waals surface area contributed by atoms with Gasteiger partial charge in [-0.1, -0.05) is 13.3 Å². The van der Waals surface area contributed by atoms with Crippen molar-refractivity contribution in [2.24, 2.45) is 0 Å². The molecule has 4 heteroatoms. The fourth-order valence-electron chi connectivity index (χ4n) is 1.03. The van der Waals surface area contributed by atoms with Gasteiger partial charge in [0.2, 0.25) is 0 Å². The van der Waals surface area contributed by atoms with Crippen LogP contribution in [0.5, 0.6) is 0 Å². The Balaban J connectivity index is 2.58. The van der Waals surface area contributed by atoms with Crippen molar-refractivity contribution in [2.45, 2.75) is 26.3 Å². The molecule has 1 aromatic heterocycles. The van der Waals surface area contributed by atoms with Gasteiger partial charge in [0.25, 0.3) is 0 Å². The van der Waals surface area contributed by atoms with E-state index < -0.39 is 0 Å². The van der Waals surface area contributed by atoms with Crippen molar-refractivity contribution in [3.8, 4) is 0 Å². The van der Waals surface area contributed by atoms with Crippen molar-refractivity contribution in [2.75, 3.05) is 7.11 Å². The Morgan fingerprint density at radius 1 is 1.69 bits per heavy atom. The van der Waals surface area contributed by atoms with Crippen LogP contribution < -0.4 is 0 Å². The number of hydrogen-bond donors (Lipinski definition) is 0. The number of rotatable bonds is 4. The molecule has 0 aromatic carbocycles. The summed E-state index contributed by atoms with van der Waals surface area (Å²) < 4.78 is 6.32. The van der Waals surface area contributed by atoms with E-state index in [4.69, 9.17) is 0 Å². The zero-order chi connectivity index (χ0) is 9.68. The van der Waals surface area contributed by atoms with Gasteiger partial charge < -0.3 is 4.74 Å². The van der Waals surface area contributed by atoms with Crippen LogP contribution in [-0.2, 0) is 11.3 Å². The summed E-state index contributed by atoms with van der Waals surface area (Å²) in [5.74, 6) is -0.331. The largest absolute Gasteiger partial charge is 0.465 e. The molecular weight excluding hydrogens is 168 g/mol. The molecule has 0 bridgehead atoms. The lowest BCUT2D eigenvalue weighted by atomic mass is 10.3. The zero-order valence-corrected chi connectivity index (χ0v) is 7.99. The number of unbranched alkanes of at least 4 members (excludes halogenated alkanes) is 1. The first kappa shape index (κ1) is 9.77. The number of methoxy groups -OCH3 is 1. The van der Waals surface area contributed by atoms with Crippen LogP contribution in [0.1, 0.15) is 30.1 Å². The third-order valence-electron chi connectivity index (χ3n) is 1.80. The second-order valence-electron chi connectivity index (χ2n) is 2.84. The molecule has 0 saturated heterocycles. The average Bonchev–Trinajstić information content (AvgIpc) is 2.62. The molecule has 0 saturated carbocycles. The van der Waals surface area contributed by atoms with Crippen LogP contribution in [0.25, 0.3) is 0 Å². The highest BCUT2D eigenvalue weighted by Crippen LogP contribution is 2.01. The van der Waals surface area contributed by atoms with Crippen molar-refractivity contribution in [1.29, 1.82) is 0 Å². The molecule has 0 spiro atoms. The average molecular weight is 182 g/mol. The highest BCUT2D eigenvalue weighted by molar-refractivity contribution is 5.88. The van der Waals surface area contributed by atoms with E-state index in [1.165, 1.54) is 13.3 Å². The smallest absolute Gasteiger partial charge is 0.341 e. The molecule has 4 nitrogen and oxygen atoms in total. The third-order valence-corrected chi connectivity index (χ3v) is 1.80. The number of esters is 1. The van der Waals surface area contributed by atoms with Crippen molar-refractivity contribution in [3.63, 3.8) is 0 Å². The van der Waals surface area contributed by atoms with Gasteiger partial charge in [-0.25, -0.2) is 4.79 Å². The maximum absolute atomic E-state index is 11.0. The number of aryl methyl sites for hydroxylation is 1. The van der Waals surface area contributed by atoms with Crippen LogP contribution in [0.3, 0.4) is 0 Å². The summed E-state index contributed by atoms with van der Waals surface area (Å²) >= 11 is 0. The van der Waals surface area contributed by atoms with Gasteiger partial charge in [0.1, 0.15) is 0 Å². The molecular formula is C9H14N2O2. The lowest BCUT2D eigenvalue weighted by Gasteiger charge is -1.97. The Morgan fingerprint density at radius 2 is 2.46 bits per heavy atom. The van der Waals surface area contributed by atoms with Crippen LogP contribution in [0.2, 0.25) is 0 Å². The minimum absolute atomic E-state index is 0.331. The molecule has 1 aromatic rings. The van der Waals surface area contributed by atoms with Crippen LogP contribution >= 0.6 is 0 Å². The van der Waals surface area contributed by atoms with Gasteiger partial charge in [0.15, 0.2) is 0 Å². The van der Waals surface area contributed by atoms with Gasteiger partial charge in [-0.05, 0) is 6.42 Å². The SMILES string of the molecule is CCCCn1cc(C(=O)OC)cn1. The second kappa shape index (κ2) is 4.64. The van der Waals surface area contributed by atoms with Crippen molar-refractivity contribution in [3.05, 3.63) is 18.0 Å². The van der Waals surface area contributed by atoms with E-state index in [-0.39, 0.29) is 5.97 Å². The van der Waals surface area contributed by atoms with Crippen molar-refractivity contribution in [1.82, 2.24) is 9.78 Å². The fraction of sp³-hybridized carbons (Fsp3) is 0.556. The lowest BCUT2D eigenvalue weighted by molar-refractivity contribution is 0.0600. The molecule has 0 atom stereocenters. The second-order valence-corrected chi connectivity index (χ2v) is 2.84. The molecule has 1 rings (SSSR count). The first-order valence-corrected chi connectivity index (χ1v) is 4.38. The zero-order valence-electron chi connectivity index (χ0n) is 7.99. The first-order chi connectivity index (χ1) is 6.27. The monoisotopic (exact) mass is 182 g/mol. The molecule has 0 aliphatic carbocycles. The predicted octanol–water partition coefficient (Wildman–Crippen LogP) is 1.47. The molecule has 0 fully saturated rings. The maximum Gasteiger partial charge on any atom is 0.341 e.